The highest BCUT2D eigenvalue weighted by Crippen LogP contribution is 2.18. The van der Waals surface area contributed by atoms with Gasteiger partial charge in [-0.15, -0.1) is 0 Å². The molecule has 0 amide bonds. The van der Waals surface area contributed by atoms with Gasteiger partial charge in [0.05, 0.1) is 0 Å². The Hall–Kier alpha value is -0.0800. The van der Waals surface area contributed by atoms with Crippen LogP contribution in [0.3, 0.4) is 0 Å². The van der Waals surface area contributed by atoms with E-state index in [-0.39, 0.29) is 0 Å². The molecule has 0 saturated carbocycles. The van der Waals surface area contributed by atoms with Gasteiger partial charge in [-0.3, -0.25) is 0 Å². The summed E-state index contributed by atoms with van der Waals surface area (Å²) in [5.41, 5.74) is 0. The van der Waals surface area contributed by atoms with Crippen LogP contribution in [0.1, 0.15) is 362 Å². The minimum absolute atomic E-state index is 1.31. The highest BCUT2D eigenvalue weighted by Gasteiger charge is 2.11. The van der Waals surface area contributed by atoms with Crippen LogP contribution in [0.4, 0.5) is 0 Å². The van der Waals surface area contributed by atoms with Crippen LogP contribution in [0.2, 0.25) is 0 Å². The molecule has 0 radical (unpaired) electrons. The average Bonchev–Trinajstić information content (AvgIpc) is 3.30. The second kappa shape index (κ2) is 59.0. The van der Waals surface area contributed by atoms with Crippen molar-refractivity contribution in [3.63, 3.8) is 0 Å². The van der Waals surface area contributed by atoms with E-state index in [1.165, 1.54) is 373 Å². The van der Waals surface area contributed by atoms with Crippen molar-refractivity contribution >= 4 is 0 Å². The van der Waals surface area contributed by atoms with Crippen LogP contribution in [0.15, 0.2) is 0 Å². The Morgan fingerprint density at radius 1 is 0.125 bits per heavy atom. The number of hydrogen-bond donors (Lipinski definition) is 0. The molecule has 0 saturated heterocycles. The van der Waals surface area contributed by atoms with Gasteiger partial charge < -0.3 is 9.80 Å². The summed E-state index contributed by atoms with van der Waals surface area (Å²) in [5.74, 6) is 0. The highest BCUT2D eigenvalue weighted by molar-refractivity contribution is 4.66. The monoisotopic (exact) mass is 901 g/mol. The van der Waals surface area contributed by atoms with Crippen molar-refractivity contribution in [1.29, 1.82) is 0 Å². The molecule has 0 fully saturated rings. The van der Waals surface area contributed by atoms with Gasteiger partial charge in [-0.2, -0.15) is 0 Å². The number of nitrogens with zero attached hydrogens (tertiary/aromatic N) is 2. The van der Waals surface area contributed by atoms with E-state index in [2.05, 4.69) is 37.5 Å². The van der Waals surface area contributed by atoms with E-state index >= 15 is 0 Å². The molecule has 0 aliphatic heterocycles. The molecule has 2 heteroatoms. The van der Waals surface area contributed by atoms with Crippen LogP contribution in [-0.4, -0.2) is 49.1 Å². The zero-order chi connectivity index (χ0) is 46.2. The first kappa shape index (κ1) is 63.9. The van der Waals surface area contributed by atoms with Crippen LogP contribution in [0, 0.1) is 0 Å². The molecule has 0 aromatic rings. The normalized spacial score (nSPS) is 11.9. The summed E-state index contributed by atoms with van der Waals surface area (Å²) in [6.45, 7) is 17.3. The first-order chi connectivity index (χ1) is 31.8. The van der Waals surface area contributed by atoms with Crippen molar-refractivity contribution in [3.8, 4) is 0 Å². The van der Waals surface area contributed by atoms with Crippen molar-refractivity contribution in [2.45, 2.75) is 362 Å². The zero-order valence-corrected chi connectivity index (χ0v) is 45.9. The first-order valence-corrected chi connectivity index (χ1v) is 31.2. The van der Waals surface area contributed by atoms with E-state index in [0.717, 1.165) is 0 Å². The predicted octanol–water partition coefficient (Wildman–Crippen LogP) is 22.0. The summed E-state index contributed by atoms with van der Waals surface area (Å²) in [4.78, 5) is 5.86. The lowest BCUT2D eigenvalue weighted by Crippen LogP contribution is -2.37. The van der Waals surface area contributed by atoms with Gasteiger partial charge in [0, 0.05) is 13.1 Å². The molecule has 0 rings (SSSR count). The fourth-order valence-corrected chi connectivity index (χ4v) is 10.4. The van der Waals surface area contributed by atoms with Crippen LogP contribution < -0.4 is 0 Å². The molecule has 0 aliphatic carbocycles. The maximum Gasteiger partial charge on any atom is 0.0109 e. The third-order valence-corrected chi connectivity index (χ3v) is 15.0. The van der Waals surface area contributed by atoms with Gasteiger partial charge in [0.25, 0.3) is 0 Å². The Labute approximate surface area is 409 Å². The largest absolute Gasteiger partial charge is 0.302 e. The molecule has 0 unspecified atom stereocenters. The Morgan fingerprint density at radius 2 is 0.234 bits per heavy atom. The molecule has 64 heavy (non-hydrogen) atoms. The number of rotatable bonds is 59. The third-order valence-electron chi connectivity index (χ3n) is 15.0. The van der Waals surface area contributed by atoms with Gasteiger partial charge in [0.1, 0.15) is 0 Å². The van der Waals surface area contributed by atoms with Crippen molar-refractivity contribution in [3.05, 3.63) is 0 Å². The number of hydrogen-bond acceptors (Lipinski definition) is 2. The molecule has 0 N–H and O–H groups in total. The summed E-state index contributed by atoms with van der Waals surface area (Å²) in [5, 5.41) is 0. The van der Waals surface area contributed by atoms with E-state index < -0.39 is 0 Å². The quantitative estimate of drug-likeness (QED) is 0.0561. The molecule has 0 aromatic heterocycles. The minimum atomic E-state index is 1.31. The summed E-state index contributed by atoms with van der Waals surface area (Å²) in [7, 11) is 0. The summed E-state index contributed by atoms with van der Waals surface area (Å²) < 4.78 is 0. The van der Waals surface area contributed by atoms with Crippen molar-refractivity contribution in [2.75, 3.05) is 39.3 Å². The van der Waals surface area contributed by atoms with Crippen molar-refractivity contribution in [2.24, 2.45) is 0 Å². The van der Waals surface area contributed by atoms with E-state index in [4.69, 9.17) is 0 Å². The van der Waals surface area contributed by atoms with Crippen LogP contribution in [0.5, 0.6) is 0 Å². The van der Waals surface area contributed by atoms with Gasteiger partial charge in [0.2, 0.25) is 0 Å². The Morgan fingerprint density at radius 3 is 0.359 bits per heavy atom. The van der Waals surface area contributed by atoms with Gasteiger partial charge in [0.15, 0.2) is 0 Å². The summed E-state index contributed by atoms with van der Waals surface area (Å²) in [6.07, 6.45) is 75.8. The molecule has 0 heterocycles. The molecule has 0 bridgehead atoms. The molecule has 386 valence electrons. The van der Waals surface area contributed by atoms with Crippen LogP contribution >= 0.6 is 0 Å². The predicted molar refractivity (Wildman–Crippen MR) is 296 cm³/mol. The van der Waals surface area contributed by atoms with Crippen molar-refractivity contribution in [1.82, 2.24) is 9.80 Å². The Balaban J connectivity index is 4.77. The van der Waals surface area contributed by atoms with Crippen molar-refractivity contribution < 1.29 is 0 Å². The second-order valence-corrected chi connectivity index (χ2v) is 21.7. The molecule has 0 atom stereocenters. The lowest BCUT2D eigenvalue weighted by molar-refractivity contribution is 0.192. The van der Waals surface area contributed by atoms with Gasteiger partial charge in [-0.05, 0) is 51.9 Å². The van der Waals surface area contributed by atoms with Crippen LogP contribution in [-0.2, 0) is 0 Å². The summed E-state index contributed by atoms with van der Waals surface area (Å²) in [6, 6.07) is 0. The fraction of sp³-hybridized carbons (Fsp3) is 1.00. The maximum atomic E-state index is 2.93. The van der Waals surface area contributed by atoms with E-state index in [0.29, 0.717) is 0 Å². The Kier molecular flexibility index (Phi) is 59.0. The van der Waals surface area contributed by atoms with Gasteiger partial charge >= 0.3 is 0 Å². The zero-order valence-electron chi connectivity index (χ0n) is 45.9. The van der Waals surface area contributed by atoms with E-state index in [1.54, 1.807) is 0 Å². The topological polar surface area (TPSA) is 6.48 Å². The van der Waals surface area contributed by atoms with E-state index in [9.17, 15) is 0 Å². The standard InChI is InChI=1S/C62H128N2/c1-5-9-13-17-21-25-29-33-37-41-45-49-53-57-63(58-54-50-46-42-38-34-30-26-22-18-14-10-6-2)61-62-64(59-55-51-47-43-39-35-31-27-23-19-15-11-7-3)60-56-52-48-44-40-36-32-28-24-20-16-12-8-4/h5-62H2,1-4H3. The molecular formula is C62H128N2. The highest BCUT2D eigenvalue weighted by atomic mass is 15.2. The minimum Gasteiger partial charge on any atom is -0.302 e. The summed E-state index contributed by atoms with van der Waals surface area (Å²) >= 11 is 0. The third kappa shape index (κ3) is 54.5. The lowest BCUT2D eigenvalue weighted by atomic mass is 10.0. The average molecular weight is 902 g/mol. The van der Waals surface area contributed by atoms with E-state index in [1.807, 2.05) is 0 Å². The number of unbranched alkanes of at least 4 members (excludes halogenated alkanes) is 48. The lowest BCUT2D eigenvalue weighted by Gasteiger charge is -2.28. The molecular weight excluding hydrogens is 773 g/mol. The SMILES string of the molecule is CCCCCCCCCCCCCCCN(CCCCCCCCCCCCCCC)CCN(CCCCCCCCCCCCCCC)CCCCCCCCCCCCCCC. The fourth-order valence-electron chi connectivity index (χ4n) is 10.4. The molecule has 0 spiro atoms. The molecule has 2 nitrogen and oxygen atoms in total. The van der Waals surface area contributed by atoms with Crippen LogP contribution in [0.25, 0.3) is 0 Å². The molecule has 0 aliphatic rings. The molecule has 0 aromatic carbocycles. The maximum absolute atomic E-state index is 2.93. The smallest absolute Gasteiger partial charge is 0.0109 e. The van der Waals surface area contributed by atoms with Gasteiger partial charge in [-0.25, -0.2) is 0 Å². The first-order valence-electron chi connectivity index (χ1n) is 31.2. The Bertz CT molecular complexity index is 657. The van der Waals surface area contributed by atoms with Gasteiger partial charge in [-0.1, -0.05) is 336 Å². The second-order valence-electron chi connectivity index (χ2n) is 21.7.